The van der Waals surface area contributed by atoms with Gasteiger partial charge in [0.1, 0.15) is 0 Å². The first-order valence-electron chi connectivity index (χ1n) is 7.30. The Balaban J connectivity index is 1.77. The summed E-state index contributed by atoms with van der Waals surface area (Å²) in [5.74, 6) is 0.282. The van der Waals surface area contributed by atoms with Crippen molar-refractivity contribution in [2.75, 3.05) is 19.8 Å². The molecule has 2 fully saturated rings. The second kappa shape index (κ2) is 6.49. The molecule has 2 aliphatic heterocycles. The van der Waals surface area contributed by atoms with Crippen molar-refractivity contribution >= 4 is 37.6 Å². The molecule has 21 heavy (non-hydrogen) atoms. The van der Waals surface area contributed by atoms with Crippen LogP contribution in [-0.2, 0) is 9.47 Å². The van der Waals surface area contributed by atoms with Crippen LogP contribution in [0.3, 0.4) is 0 Å². The Kier molecular flexibility index (Phi) is 4.84. The van der Waals surface area contributed by atoms with E-state index in [-0.39, 0.29) is 17.3 Å². The summed E-state index contributed by atoms with van der Waals surface area (Å²) in [6.45, 7) is 2.15. The fourth-order valence-corrected chi connectivity index (χ4v) is 4.57. The third kappa shape index (κ3) is 3.58. The number of hydrogen-bond donors (Lipinski definition) is 0. The molecule has 1 atom stereocenters. The average Bonchev–Trinajstić information content (AvgIpc) is 2.46. The van der Waals surface area contributed by atoms with E-state index in [1.807, 2.05) is 18.2 Å². The minimum atomic E-state index is -0.139. The minimum Gasteiger partial charge on any atom is -0.381 e. The van der Waals surface area contributed by atoms with Crippen LogP contribution in [0.1, 0.15) is 36.0 Å². The van der Waals surface area contributed by atoms with Gasteiger partial charge in [-0.05, 0) is 43.9 Å². The van der Waals surface area contributed by atoms with Gasteiger partial charge in [-0.25, -0.2) is 0 Å². The Labute approximate surface area is 141 Å². The van der Waals surface area contributed by atoms with Gasteiger partial charge in [0.15, 0.2) is 5.78 Å². The Bertz CT molecular complexity index is 513. The lowest BCUT2D eigenvalue weighted by Crippen LogP contribution is -2.45. The Hall–Kier alpha value is -0.230. The van der Waals surface area contributed by atoms with E-state index in [4.69, 9.17) is 9.47 Å². The summed E-state index contributed by atoms with van der Waals surface area (Å²) in [4.78, 5) is 12.8. The molecular weight excluding hydrogens is 400 g/mol. The smallest absolute Gasteiger partial charge is 0.166 e. The fourth-order valence-electron chi connectivity index (χ4n) is 3.28. The van der Waals surface area contributed by atoms with Crippen molar-refractivity contribution in [3.8, 4) is 0 Å². The van der Waals surface area contributed by atoms with Crippen LogP contribution >= 0.6 is 31.9 Å². The maximum Gasteiger partial charge on any atom is 0.166 e. The van der Waals surface area contributed by atoms with Crippen LogP contribution in [0.5, 0.6) is 0 Å². The maximum absolute atomic E-state index is 12.8. The standard InChI is InChI=1S/C16H18Br2O3/c17-13-7-12(8-14(18)9-13)15(19)11-1-4-21-16(10-11)2-5-20-6-3-16/h7-9,11H,1-6,10H2. The molecule has 0 bridgehead atoms. The SMILES string of the molecule is O=C(c1cc(Br)cc(Br)c1)C1CCOC2(CCOCC2)C1. The van der Waals surface area contributed by atoms with Gasteiger partial charge < -0.3 is 9.47 Å². The largest absolute Gasteiger partial charge is 0.381 e. The van der Waals surface area contributed by atoms with Gasteiger partial charge in [0.2, 0.25) is 0 Å². The van der Waals surface area contributed by atoms with Crippen molar-refractivity contribution in [2.24, 2.45) is 5.92 Å². The molecule has 5 heteroatoms. The molecule has 1 unspecified atom stereocenters. The van der Waals surface area contributed by atoms with Gasteiger partial charge in [-0.2, -0.15) is 0 Å². The molecule has 1 aromatic carbocycles. The van der Waals surface area contributed by atoms with E-state index >= 15 is 0 Å². The van der Waals surface area contributed by atoms with E-state index in [1.54, 1.807) is 0 Å². The first kappa shape index (κ1) is 15.7. The molecule has 3 nitrogen and oxygen atoms in total. The highest BCUT2D eigenvalue weighted by Gasteiger charge is 2.41. The molecule has 1 spiro atoms. The summed E-state index contributed by atoms with van der Waals surface area (Å²) in [6.07, 6.45) is 3.43. The maximum atomic E-state index is 12.8. The molecule has 3 rings (SSSR count). The Morgan fingerprint density at radius 2 is 1.76 bits per heavy atom. The molecule has 0 saturated carbocycles. The molecule has 2 heterocycles. The minimum absolute atomic E-state index is 0.0537. The van der Waals surface area contributed by atoms with E-state index in [2.05, 4.69) is 31.9 Å². The second-order valence-electron chi connectivity index (χ2n) is 5.86. The number of Topliss-reactive ketones (excluding diaryl/α,β-unsaturated/α-hetero) is 1. The number of carbonyl (C=O) groups is 1. The van der Waals surface area contributed by atoms with E-state index < -0.39 is 0 Å². The predicted octanol–water partition coefficient (Wildman–Crippen LogP) is 4.37. The van der Waals surface area contributed by atoms with Crippen LogP contribution in [0.15, 0.2) is 27.1 Å². The molecule has 0 amide bonds. The van der Waals surface area contributed by atoms with Crippen molar-refractivity contribution in [3.63, 3.8) is 0 Å². The van der Waals surface area contributed by atoms with Crippen molar-refractivity contribution in [1.29, 1.82) is 0 Å². The lowest BCUT2D eigenvalue weighted by molar-refractivity contribution is -0.142. The first-order valence-corrected chi connectivity index (χ1v) is 8.89. The van der Waals surface area contributed by atoms with E-state index in [1.165, 1.54) is 0 Å². The monoisotopic (exact) mass is 416 g/mol. The second-order valence-corrected chi connectivity index (χ2v) is 7.69. The lowest BCUT2D eigenvalue weighted by Gasteiger charge is -2.42. The van der Waals surface area contributed by atoms with Gasteiger partial charge in [0.05, 0.1) is 5.60 Å². The molecule has 0 aromatic heterocycles. The van der Waals surface area contributed by atoms with Crippen molar-refractivity contribution in [3.05, 3.63) is 32.7 Å². The molecule has 2 aliphatic rings. The zero-order valence-corrected chi connectivity index (χ0v) is 14.9. The highest BCUT2D eigenvalue weighted by Crippen LogP contribution is 2.38. The third-order valence-corrected chi connectivity index (χ3v) is 5.33. The Morgan fingerprint density at radius 1 is 1.10 bits per heavy atom. The topological polar surface area (TPSA) is 35.5 Å². The number of benzene rings is 1. The molecule has 0 radical (unpaired) electrons. The van der Waals surface area contributed by atoms with Gasteiger partial charge in [0, 0.05) is 40.2 Å². The molecule has 0 aliphatic carbocycles. The molecular formula is C16H18Br2O3. The summed E-state index contributed by atoms with van der Waals surface area (Å²) >= 11 is 6.90. The van der Waals surface area contributed by atoms with E-state index in [0.29, 0.717) is 6.61 Å². The summed E-state index contributed by atoms with van der Waals surface area (Å²) in [5.41, 5.74) is 0.630. The molecule has 114 valence electrons. The number of carbonyl (C=O) groups excluding carboxylic acids is 1. The van der Waals surface area contributed by atoms with Gasteiger partial charge in [-0.3, -0.25) is 4.79 Å². The van der Waals surface area contributed by atoms with Crippen LogP contribution in [0.25, 0.3) is 0 Å². The normalized spacial score (nSPS) is 25.0. The molecule has 0 N–H and O–H groups in total. The van der Waals surface area contributed by atoms with Gasteiger partial charge >= 0.3 is 0 Å². The molecule has 2 saturated heterocycles. The lowest BCUT2D eigenvalue weighted by atomic mass is 9.78. The average molecular weight is 418 g/mol. The third-order valence-electron chi connectivity index (χ3n) is 4.41. The van der Waals surface area contributed by atoms with Gasteiger partial charge in [-0.1, -0.05) is 31.9 Å². The number of halogens is 2. The van der Waals surface area contributed by atoms with E-state index in [0.717, 1.165) is 53.4 Å². The quantitative estimate of drug-likeness (QED) is 0.670. The fraction of sp³-hybridized carbons (Fsp3) is 0.562. The van der Waals surface area contributed by atoms with Crippen molar-refractivity contribution in [1.82, 2.24) is 0 Å². The van der Waals surface area contributed by atoms with Crippen LogP contribution < -0.4 is 0 Å². The van der Waals surface area contributed by atoms with Gasteiger partial charge in [0.25, 0.3) is 0 Å². The summed E-state index contributed by atoms with van der Waals surface area (Å²) in [5, 5.41) is 0. The summed E-state index contributed by atoms with van der Waals surface area (Å²) in [6, 6.07) is 5.75. The Morgan fingerprint density at radius 3 is 2.43 bits per heavy atom. The highest BCUT2D eigenvalue weighted by molar-refractivity contribution is 9.11. The van der Waals surface area contributed by atoms with E-state index in [9.17, 15) is 4.79 Å². The predicted molar refractivity (Wildman–Crippen MR) is 87.6 cm³/mol. The van der Waals surface area contributed by atoms with Crippen LogP contribution in [0.2, 0.25) is 0 Å². The van der Waals surface area contributed by atoms with Crippen LogP contribution in [0.4, 0.5) is 0 Å². The highest BCUT2D eigenvalue weighted by atomic mass is 79.9. The van der Waals surface area contributed by atoms with Crippen LogP contribution in [0, 0.1) is 5.92 Å². The molecule has 1 aromatic rings. The van der Waals surface area contributed by atoms with Crippen molar-refractivity contribution in [2.45, 2.75) is 31.3 Å². The number of ether oxygens (including phenoxy) is 2. The summed E-state index contributed by atoms with van der Waals surface area (Å²) < 4.78 is 13.3. The van der Waals surface area contributed by atoms with Gasteiger partial charge in [-0.15, -0.1) is 0 Å². The zero-order valence-electron chi connectivity index (χ0n) is 11.7. The summed E-state index contributed by atoms with van der Waals surface area (Å²) in [7, 11) is 0. The van der Waals surface area contributed by atoms with Crippen LogP contribution in [-0.4, -0.2) is 31.2 Å². The first-order chi connectivity index (χ1) is 10.1. The number of hydrogen-bond acceptors (Lipinski definition) is 3. The number of rotatable bonds is 2. The number of ketones is 1. The van der Waals surface area contributed by atoms with Crippen molar-refractivity contribution < 1.29 is 14.3 Å². The zero-order chi connectivity index (χ0) is 14.9.